The van der Waals surface area contributed by atoms with Gasteiger partial charge in [0.1, 0.15) is 11.6 Å². The van der Waals surface area contributed by atoms with E-state index in [9.17, 15) is 14.4 Å². The van der Waals surface area contributed by atoms with Crippen LogP contribution in [0, 0.1) is 5.92 Å². The minimum Gasteiger partial charge on any atom is -0.497 e. The average Bonchev–Trinajstić information content (AvgIpc) is 3.22. The van der Waals surface area contributed by atoms with Gasteiger partial charge in [0, 0.05) is 25.6 Å². The molecule has 5 rings (SSSR count). The summed E-state index contributed by atoms with van der Waals surface area (Å²) in [5, 5.41) is 2.68. The Morgan fingerprint density at radius 1 is 1.18 bits per heavy atom. The Bertz CT molecular complexity index is 1320. The second-order valence-electron chi connectivity index (χ2n) is 8.53. The van der Waals surface area contributed by atoms with Crippen LogP contribution >= 0.6 is 0 Å². The van der Waals surface area contributed by atoms with Gasteiger partial charge in [0.2, 0.25) is 5.91 Å². The van der Waals surface area contributed by atoms with Crippen LogP contribution in [0.15, 0.2) is 41.3 Å². The molecule has 1 atom stereocenters. The number of nitrogens with one attached hydrogen (secondary N) is 1. The van der Waals surface area contributed by atoms with Gasteiger partial charge in [0.25, 0.3) is 11.5 Å². The number of methoxy groups -OCH3 is 1. The molecular formula is C24H25N5O5. The minimum absolute atomic E-state index is 0.0175. The first kappa shape index (κ1) is 21.9. The van der Waals surface area contributed by atoms with Crippen LogP contribution in [0.5, 0.6) is 11.5 Å². The third-order valence-corrected chi connectivity index (χ3v) is 6.24. The summed E-state index contributed by atoms with van der Waals surface area (Å²) in [5.74, 6) is 2.01. The number of anilines is 2. The van der Waals surface area contributed by atoms with Crippen molar-refractivity contribution in [3.8, 4) is 11.5 Å². The minimum atomic E-state index is -0.262. The van der Waals surface area contributed by atoms with Crippen LogP contribution in [0.25, 0.3) is 11.0 Å². The maximum atomic E-state index is 12.6. The van der Waals surface area contributed by atoms with E-state index in [0.717, 1.165) is 30.3 Å². The molecule has 1 saturated heterocycles. The molecule has 0 saturated carbocycles. The van der Waals surface area contributed by atoms with Crippen LogP contribution in [0.4, 0.5) is 11.6 Å². The highest BCUT2D eigenvalue weighted by Gasteiger charge is 2.32. The molecule has 10 nitrogen and oxygen atoms in total. The monoisotopic (exact) mass is 463 g/mol. The van der Waals surface area contributed by atoms with Gasteiger partial charge in [-0.05, 0) is 43.0 Å². The largest absolute Gasteiger partial charge is 0.497 e. The normalized spacial score (nSPS) is 17.4. The van der Waals surface area contributed by atoms with Crippen LogP contribution in [0.3, 0.4) is 0 Å². The van der Waals surface area contributed by atoms with Gasteiger partial charge in [-0.25, -0.2) is 9.97 Å². The van der Waals surface area contributed by atoms with Crippen molar-refractivity contribution >= 4 is 34.5 Å². The molecule has 0 spiro atoms. The fourth-order valence-corrected chi connectivity index (χ4v) is 4.50. The Hall–Kier alpha value is -3.95. The summed E-state index contributed by atoms with van der Waals surface area (Å²) in [7, 11) is 1.59. The summed E-state index contributed by atoms with van der Waals surface area (Å²) in [6.45, 7) is 1.12. The standard InChI is InChI=1S/C24H25N5O5/c1-33-16-5-6-17-18(11-16)28(23(32)12-25-17)9-3-2-4-15-10-22(31)29(13-15)20-8-7-19-24(26-20)27-21(30)14-34-19/h5-8,11-12,15H,2-4,9-10,13-14H2,1H3,(H,26,27,30). The van der Waals surface area contributed by atoms with Gasteiger partial charge in [-0.15, -0.1) is 0 Å². The summed E-state index contributed by atoms with van der Waals surface area (Å²) in [5.41, 5.74) is 1.36. The molecule has 1 N–H and O–H groups in total. The number of hydrogen-bond donors (Lipinski definition) is 1. The number of aryl methyl sites for hydroxylation is 1. The van der Waals surface area contributed by atoms with E-state index in [1.807, 2.05) is 18.2 Å². The topological polar surface area (TPSA) is 116 Å². The van der Waals surface area contributed by atoms with Gasteiger partial charge in [-0.2, -0.15) is 0 Å². The Morgan fingerprint density at radius 2 is 2.06 bits per heavy atom. The molecule has 0 radical (unpaired) electrons. The highest BCUT2D eigenvalue weighted by molar-refractivity contribution is 5.97. The van der Waals surface area contributed by atoms with Crippen molar-refractivity contribution in [2.45, 2.75) is 32.2 Å². The molecule has 10 heteroatoms. The number of ether oxygens (including phenoxy) is 2. The van der Waals surface area contributed by atoms with Crippen molar-refractivity contribution < 1.29 is 19.1 Å². The van der Waals surface area contributed by atoms with Gasteiger partial charge in [0.15, 0.2) is 18.2 Å². The zero-order chi connectivity index (χ0) is 23.7. The van der Waals surface area contributed by atoms with Crippen molar-refractivity contribution in [1.82, 2.24) is 14.5 Å². The van der Waals surface area contributed by atoms with Gasteiger partial charge in [-0.3, -0.25) is 19.3 Å². The van der Waals surface area contributed by atoms with E-state index < -0.39 is 0 Å². The van der Waals surface area contributed by atoms with Crippen LogP contribution in [-0.2, 0) is 16.1 Å². The molecule has 1 unspecified atom stereocenters. The third-order valence-electron chi connectivity index (χ3n) is 6.24. The van der Waals surface area contributed by atoms with Crippen molar-refractivity contribution in [2.24, 2.45) is 5.92 Å². The molecule has 2 aliphatic heterocycles. The van der Waals surface area contributed by atoms with Gasteiger partial charge >= 0.3 is 0 Å². The summed E-state index contributed by atoms with van der Waals surface area (Å²) in [6.07, 6.45) is 4.36. The Labute approximate surface area is 195 Å². The number of aromatic nitrogens is 3. The molecule has 2 aromatic heterocycles. The number of carbonyl (C=O) groups excluding carboxylic acids is 2. The number of rotatable bonds is 7. The molecule has 3 aromatic rings. The number of nitrogens with zero attached hydrogens (tertiary/aromatic N) is 4. The maximum absolute atomic E-state index is 12.6. The maximum Gasteiger partial charge on any atom is 0.269 e. The fraction of sp³-hybridized carbons (Fsp3) is 0.375. The molecule has 1 fully saturated rings. The molecule has 2 aliphatic rings. The van der Waals surface area contributed by atoms with E-state index in [-0.39, 0.29) is 29.9 Å². The molecule has 4 heterocycles. The van der Waals surface area contributed by atoms with E-state index in [0.29, 0.717) is 42.6 Å². The lowest BCUT2D eigenvalue weighted by molar-refractivity contribution is -0.119. The van der Waals surface area contributed by atoms with Crippen LogP contribution in [-0.4, -0.2) is 46.6 Å². The van der Waals surface area contributed by atoms with E-state index in [2.05, 4.69) is 15.3 Å². The highest BCUT2D eigenvalue weighted by atomic mass is 16.5. The lowest BCUT2D eigenvalue weighted by Crippen LogP contribution is -2.29. The second-order valence-corrected chi connectivity index (χ2v) is 8.53. The predicted molar refractivity (Wildman–Crippen MR) is 125 cm³/mol. The Balaban J connectivity index is 1.20. The zero-order valence-corrected chi connectivity index (χ0v) is 18.8. The van der Waals surface area contributed by atoms with Gasteiger partial charge < -0.3 is 19.4 Å². The predicted octanol–water partition coefficient (Wildman–Crippen LogP) is 2.35. The molecule has 34 heavy (non-hydrogen) atoms. The molecule has 0 bridgehead atoms. The van der Waals surface area contributed by atoms with Crippen molar-refractivity contribution in [3.63, 3.8) is 0 Å². The first-order valence-electron chi connectivity index (χ1n) is 11.3. The summed E-state index contributed by atoms with van der Waals surface area (Å²) >= 11 is 0. The number of pyridine rings is 1. The summed E-state index contributed by atoms with van der Waals surface area (Å²) in [4.78, 5) is 46.9. The second kappa shape index (κ2) is 9.12. The average molecular weight is 463 g/mol. The van der Waals surface area contributed by atoms with Gasteiger partial charge in [-0.1, -0.05) is 6.42 Å². The lowest BCUT2D eigenvalue weighted by atomic mass is 10.0. The highest BCUT2D eigenvalue weighted by Crippen LogP contribution is 2.32. The van der Waals surface area contributed by atoms with E-state index in [4.69, 9.17) is 9.47 Å². The molecule has 176 valence electrons. The summed E-state index contributed by atoms with van der Waals surface area (Å²) in [6, 6.07) is 8.96. The number of unbranched alkanes of at least 4 members (excludes halogenated alkanes) is 1. The number of carbonyl (C=O) groups is 2. The first-order valence-corrected chi connectivity index (χ1v) is 11.3. The van der Waals surface area contributed by atoms with E-state index >= 15 is 0 Å². The molecule has 0 aliphatic carbocycles. The third kappa shape index (κ3) is 4.30. The first-order chi connectivity index (χ1) is 16.5. The Morgan fingerprint density at radius 3 is 2.91 bits per heavy atom. The quantitative estimate of drug-likeness (QED) is 0.535. The van der Waals surface area contributed by atoms with E-state index in [1.165, 1.54) is 6.20 Å². The number of hydrogen-bond acceptors (Lipinski definition) is 7. The molecular weight excluding hydrogens is 438 g/mol. The van der Waals surface area contributed by atoms with Crippen molar-refractivity contribution in [3.05, 3.63) is 46.9 Å². The number of fused-ring (bicyclic) bond motifs is 2. The van der Waals surface area contributed by atoms with Crippen LogP contribution in [0.2, 0.25) is 0 Å². The summed E-state index contributed by atoms with van der Waals surface area (Å²) < 4.78 is 12.4. The zero-order valence-electron chi connectivity index (χ0n) is 18.8. The molecule has 2 amide bonds. The van der Waals surface area contributed by atoms with Crippen LogP contribution < -0.4 is 25.2 Å². The number of benzene rings is 1. The fourth-order valence-electron chi connectivity index (χ4n) is 4.50. The van der Waals surface area contributed by atoms with Crippen molar-refractivity contribution in [1.29, 1.82) is 0 Å². The number of amides is 2. The smallest absolute Gasteiger partial charge is 0.269 e. The van der Waals surface area contributed by atoms with Crippen LogP contribution in [0.1, 0.15) is 25.7 Å². The van der Waals surface area contributed by atoms with Crippen molar-refractivity contribution in [2.75, 3.05) is 30.5 Å². The Kier molecular flexibility index (Phi) is 5.87. The SMILES string of the molecule is COc1ccc2ncc(=O)n(CCCCC3CC(=O)N(c4ccc5c(n4)NC(=O)CO5)C3)c2c1. The lowest BCUT2D eigenvalue weighted by Gasteiger charge is -2.21. The molecule has 1 aromatic carbocycles. The van der Waals surface area contributed by atoms with E-state index in [1.54, 1.807) is 28.7 Å². The van der Waals surface area contributed by atoms with Gasteiger partial charge in [0.05, 0.1) is 24.3 Å².